The molecule has 2 amide bonds. The Morgan fingerprint density at radius 1 is 0.838 bits per heavy atom. The van der Waals surface area contributed by atoms with Crippen LogP contribution in [-0.2, 0) is 20.5 Å². The monoisotopic (exact) mass is 576 g/mol. The van der Waals surface area contributed by atoms with Crippen molar-refractivity contribution in [3.8, 4) is 0 Å². The van der Waals surface area contributed by atoms with Crippen molar-refractivity contribution in [2.45, 2.75) is 20.3 Å². The minimum atomic E-state index is -0.0655. The van der Waals surface area contributed by atoms with Crippen LogP contribution in [0.15, 0.2) is 20.7 Å². The lowest BCUT2D eigenvalue weighted by molar-refractivity contribution is 0.0823. The first-order valence-electron chi connectivity index (χ1n) is 11.2. The van der Waals surface area contributed by atoms with Crippen molar-refractivity contribution in [3.63, 3.8) is 0 Å². The number of hydrogen-bond acceptors (Lipinski definition) is 10. The molecule has 0 bridgehead atoms. The highest BCUT2D eigenvalue weighted by atomic mass is 32.1. The number of thiazole rings is 4. The second-order valence-corrected chi connectivity index (χ2v) is 12.4. The molecule has 4 rings (SSSR count). The van der Waals surface area contributed by atoms with Crippen LogP contribution in [0.25, 0.3) is 0 Å². The lowest BCUT2D eigenvalue weighted by Gasteiger charge is -2.08. The molecule has 14 heteroatoms. The summed E-state index contributed by atoms with van der Waals surface area (Å²) in [5, 5.41) is 5.27. The van der Waals surface area contributed by atoms with Crippen molar-refractivity contribution in [2.75, 3.05) is 28.2 Å². The fraction of sp³-hybridized carbons (Fsp3) is 0.391. The summed E-state index contributed by atoms with van der Waals surface area (Å²) in [5.41, 5.74) is 3.55. The SMILES string of the molecule is Cc1nc(/N=c2/scc(Cc3csc(/N=c4/sc(C(=O)N(C)C)c(C)n4C)n3)n2C)sc1C(=O)N(C)C. The first-order valence-corrected chi connectivity index (χ1v) is 14.6. The molecule has 37 heavy (non-hydrogen) atoms. The molecule has 0 saturated heterocycles. The van der Waals surface area contributed by atoms with Crippen molar-refractivity contribution >= 4 is 67.4 Å². The highest BCUT2D eigenvalue weighted by Crippen LogP contribution is 2.26. The Morgan fingerprint density at radius 3 is 2.16 bits per heavy atom. The molecule has 4 heterocycles. The molecule has 196 valence electrons. The Bertz CT molecular complexity index is 1610. The zero-order valence-electron chi connectivity index (χ0n) is 21.9. The Labute approximate surface area is 230 Å². The largest absolute Gasteiger partial charge is 0.344 e. The molecule has 0 spiro atoms. The molecule has 0 radical (unpaired) electrons. The topological polar surface area (TPSA) is 101 Å². The third kappa shape index (κ3) is 5.66. The van der Waals surface area contributed by atoms with Crippen LogP contribution in [0.5, 0.6) is 0 Å². The third-order valence-corrected chi connectivity index (χ3v) is 9.61. The van der Waals surface area contributed by atoms with Crippen molar-refractivity contribution in [3.05, 3.63) is 52.9 Å². The van der Waals surface area contributed by atoms with E-state index in [0.29, 0.717) is 32.1 Å². The van der Waals surface area contributed by atoms with Crippen molar-refractivity contribution < 1.29 is 9.59 Å². The lowest BCUT2D eigenvalue weighted by Crippen LogP contribution is -2.21. The van der Waals surface area contributed by atoms with Gasteiger partial charge in [-0.15, -0.1) is 22.7 Å². The summed E-state index contributed by atoms with van der Waals surface area (Å²) in [7, 11) is 10.8. The zero-order chi connectivity index (χ0) is 27.0. The summed E-state index contributed by atoms with van der Waals surface area (Å²) in [5.74, 6) is -0.0942. The van der Waals surface area contributed by atoms with Gasteiger partial charge >= 0.3 is 0 Å². The minimum absolute atomic E-state index is 0.0287. The number of carbonyl (C=O) groups excluding carboxylic acids is 2. The van der Waals surface area contributed by atoms with Crippen LogP contribution >= 0.6 is 45.3 Å². The molecule has 0 unspecified atom stereocenters. The first-order chi connectivity index (χ1) is 17.5. The van der Waals surface area contributed by atoms with Crippen molar-refractivity contribution in [1.29, 1.82) is 0 Å². The van der Waals surface area contributed by atoms with E-state index in [-0.39, 0.29) is 11.8 Å². The van der Waals surface area contributed by atoms with E-state index in [4.69, 9.17) is 9.98 Å². The Kier molecular flexibility index (Phi) is 7.92. The van der Waals surface area contributed by atoms with E-state index in [1.54, 1.807) is 38.0 Å². The van der Waals surface area contributed by atoms with Gasteiger partial charge in [0.25, 0.3) is 11.8 Å². The van der Waals surface area contributed by atoms with Gasteiger partial charge in [0.2, 0.25) is 10.3 Å². The normalized spacial score (nSPS) is 12.4. The summed E-state index contributed by atoms with van der Waals surface area (Å²) >= 11 is 5.67. The standard InChI is InChI=1S/C23H28N8O2S4/c1-12-16(18(32)28(3)4)36-21(24-12)27-22-31(8)15(11-35-22)9-14-10-34-20(25-14)26-23-30(7)13(2)17(37-23)19(33)29(5)6/h10-11H,9H2,1-8H3/b26-23+,27-22+. The molecular weight excluding hydrogens is 549 g/mol. The number of aryl methyl sites for hydroxylation is 1. The van der Waals surface area contributed by atoms with Crippen LogP contribution in [0.4, 0.5) is 10.3 Å². The van der Waals surface area contributed by atoms with Gasteiger partial charge in [-0.3, -0.25) is 9.59 Å². The van der Waals surface area contributed by atoms with Crippen LogP contribution in [0.2, 0.25) is 0 Å². The quantitative estimate of drug-likeness (QED) is 0.351. The predicted molar refractivity (Wildman–Crippen MR) is 150 cm³/mol. The van der Waals surface area contributed by atoms with Crippen LogP contribution in [0, 0.1) is 13.8 Å². The Balaban J connectivity index is 1.56. The van der Waals surface area contributed by atoms with Crippen LogP contribution in [-0.4, -0.2) is 68.9 Å². The minimum Gasteiger partial charge on any atom is -0.344 e. The Hall–Kier alpha value is -2.94. The number of rotatable bonds is 6. The zero-order valence-corrected chi connectivity index (χ0v) is 25.2. The van der Waals surface area contributed by atoms with Crippen LogP contribution in [0.3, 0.4) is 0 Å². The van der Waals surface area contributed by atoms with Gasteiger partial charge in [0.1, 0.15) is 9.75 Å². The molecule has 0 fully saturated rings. The molecular formula is C23H28N8O2S4. The van der Waals surface area contributed by atoms with E-state index in [0.717, 1.165) is 26.7 Å². The van der Waals surface area contributed by atoms with Gasteiger partial charge < -0.3 is 18.9 Å². The van der Waals surface area contributed by atoms with Crippen LogP contribution < -0.4 is 9.60 Å². The van der Waals surface area contributed by atoms with Crippen molar-refractivity contribution in [2.24, 2.45) is 24.1 Å². The number of carbonyl (C=O) groups is 2. The van der Waals surface area contributed by atoms with Gasteiger partial charge in [0, 0.05) is 70.9 Å². The highest BCUT2D eigenvalue weighted by molar-refractivity contribution is 7.17. The molecule has 0 aliphatic heterocycles. The molecule has 4 aromatic rings. The summed E-state index contributed by atoms with van der Waals surface area (Å²) in [4.78, 5) is 49.3. The van der Waals surface area contributed by atoms with Gasteiger partial charge in [0.15, 0.2) is 9.60 Å². The average Bonchev–Trinajstić information content (AvgIpc) is 3.59. The second-order valence-electron chi connectivity index (χ2n) is 8.76. The number of amides is 2. The number of hydrogen-bond donors (Lipinski definition) is 0. The smallest absolute Gasteiger partial charge is 0.265 e. The predicted octanol–water partition coefficient (Wildman–Crippen LogP) is 3.48. The molecule has 0 aliphatic carbocycles. The van der Waals surface area contributed by atoms with Gasteiger partial charge in [-0.1, -0.05) is 22.7 Å². The maximum Gasteiger partial charge on any atom is 0.265 e. The number of aromatic nitrogens is 4. The molecule has 0 saturated carbocycles. The molecule has 0 aromatic carbocycles. The van der Waals surface area contributed by atoms with Gasteiger partial charge in [-0.25, -0.2) is 9.97 Å². The maximum absolute atomic E-state index is 12.5. The van der Waals surface area contributed by atoms with Crippen LogP contribution in [0.1, 0.15) is 42.1 Å². The highest BCUT2D eigenvalue weighted by Gasteiger charge is 2.18. The molecule has 0 aliphatic rings. The summed E-state index contributed by atoms with van der Waals surface area (Å²) in [6, 6.07) is 0. The summed E-state index contributed by atoms with van der Waals surface area (Å²) < 4.78 is 3.94. The van der Waals surface area contributed by atoms with E-state index in [2.05, 4.69) is 15.4 Å². The molecule has 0 N–H and O–H groups in total. The van der Waals surface area contributed by atoms with Gasteiger partial charge in [-0.2, -0.15) is 9.98 Å². The van der Waals surface area contributed by atoms with E-state index >= 15 is 0 Å². The van der Waals surface area contributed by atoms with E-state index in [9.17, 15) is 9.59 Å². The van der Waals surface area contributed by atoms with E-state index < -0.39 is 0 Å². The molecule has 10 nitrogen and oxygen atoms in total. The maximum atomic E-state index is 12.5. The molecule has 0 atom stereocenters. The second kappa shape index (κ2) is 10.8. The molecule has 4 aromatic heterocycles. The number of nitrogens with zero attached hydrogens (tertiary/aromatic N) is 8. The summed E-state index contributed by atoms with van der Waals surface area (Å²) in [6.07, 6.45) is 0.635. The third-order valence-electron chi connectivity index (χ3n) is 5.60. The first kappa shape index (κ1) is 27.1. The van der Waals surface area contributed by atoms with E-state index in [1.807, 2.05) is 42.5 Å². The van der Waals surface area contributed by atoms with Gasteiger partial charge in [-0.05, 0) is 13.8 Å². The fourth-order valence-electron chi connectivity index (χ4n) is 3.30. The fourth-order valence-corrected chi connectivity index (χ4v) is 7.10. The average molecular weight is 577 g/mol. The lowest BCUT2D eigenvalue weighted by atomic mass is 10.3. The van der Waals surface area contributed by atoms with Gasteiger partial charge in [0.05, 0.1) is 11.4 Å². The van der Waals surface area contributed by atoms with E-state index in [1.165, 1.54) is 45.3 Å². The summed E-state index contributed by atoms with van der Waals surface area (Å²) in [6.45, 7) is 3.75. The van der Waals surface area contributed by atoms with Crippen molar-refractivity contribution in [1.82, 2.24) is 28.9 Å². The Morgan fingerprint density at radius 2 is 1.49 bits per heavy atom.